The molecule has 0 spiro atoms. The molecule has 1 radical (unpaired) electrons. The molecule has 1 aromatic carbocycles. The normalized spacial score (nSPS) is 22.1. The second-order valence-corrected chi connectivity index (χ2v) is 9.63. The average Bonchev–Trinajstić information content (AvgIpc) is 3.33. The summed E-state index contributed by atoms with van der Waals surface area (Å²) < 4.78 is 0. The Morgan fingerprint density at radius 3 is 2.87 bits per heavy atom. The van der Waals surface area contributed by atoms with E-state index >= 15 is 0 Å². The number of hydrogen-bond acceptors (Lipinski definition) is 4. The maximum absolute atomic E-state index is 12.5. The van der Waals surface area contributed by atoms with Crippen molar-refractivity contribution in [3.8, 4) is 0 Å². The molecule has 161 valence electrons. The number of halogens is 1. The number of aliphatic hydroxyl groups is 1. The zero-order valence-corrected chi connectivity index (χ0v) is 22.1. The zero-order chi connectivity index (χ0) is 20.6. The van der Waals surface area contributed by atoms with E-state index in [4.69, 9.17) is 11.6 Å². The SMILES string of the molecule is CCCCC(O)c1cccc(CC[C@H]2C(Cl)CC(=O)[C@@H]2CCCc2nc[c-]s2)c1.[Y]. The predicted molar refractivity (Wildman–Crippen MR) is 119 cm³/mol. The Hall–Kier alpha value is -0.126. The number of hydrogen-bond donors (Lipinski definition) is 1. The molecule has 3 rings (SSSR count). The van der Waals surface area contributed by atoms with Gasteiger partial charge < -0.3 is 21.4 Å². The first-order valence-electron chi connectivity index (χ1n) is 10.8. The smallest absolute Gasteiger partial charge is 0.137 e. The van der Waals surface area contributed by atoms with Crippen molar-refractivity contribution in [2.45, 2.75) is 76.2 Å². The minimum absolute atomic E-state index is 0. The maximum atomic E-state index is 12.5. The summed E-state index contributed by atoms with van der Waals surface area (Å²) in [4.78, 5) is 16.8. The van der Waals surface area contributed by atoms with Crippen LogP contribution in [-0.4, -0.2) is 21.3 Å². The number of carbonyl (C=O) groups is 1. The number of ketones is 1. The molecule has 1 aromatic heterocycles. The van der Waals surface area contributed by atoms with Gasteiger partial charge in [0.2, 0.25) is 0 Å². The number of benzene rings is 1. The van der Waals surface area contributed by atoms with Gasteiger partial charge in [-0.25, -0.2) is 0 Å². The number of aryl methyl sites for hydroxylation is 2. The number of aromatic nitrogens is 1. The average molecular weight is 522 g/mol. The molecule has 1 saturated carbocycles. The molecule has 1 aliphatic carbocycles. The molecule has 0 aliphatic heterocycles. The molecule has 2 unspecified atom stereocenters. The van der Waals surface area contributed by atoms with Crippen LogP contribution in [0.25, 0.3) is 0 Å². The summed E-state index contributed by atoms with van der Waals surface area (Å²) in [5.41, 5.74) is 2.22. The number of thiazole rings is 1. The van der Waals surface area contributed by atoms with Crippen molar-refractivity contribution in [1.82, 2.24) is 4.98 Å². The van der Waals surface area contributed by atoms with Gasteiger partial charge in [0.1, 0.15) is 5.78 Å². The van der Waals surface area contributed by atoms with E-state index in [2.05, 4.69) is 29.4 Å². The minimum Gasteiger partial charge on any atom is -0.388 e. The Bertz CT molecular complexity index is 770. The molecular weight excluding hydrogens is 491 g/mol. The maximum Gasteiger partial charge on any atom is 0.137 e. The van der Waals surface area contributed by atoms with Crippen molar-refractivity contribution in [1.29, 1.82) is 0 Å². The summed E-state index contributed by atoms with van der Waals surface area (Å²) in [6.07, 6.45) is 9.34. The van der Waals surface area contributed by atoms with Crippen molar-refractivity contribution in [3.63, 3.8) is 0 Å². The fourth-order valence-electron chi connectivity index (χ4n) is 4.40. The predicted octanol–water partition coefficient (Wildman–Crippen LogP) is 5.93. The van der Waals surface area contributed by atoms with E-state index in [-0.39, 0.29) is 56.0 Å². The molecule has 1 N–H and O–H groups in total. The molecule has 0 amide bonds. The van der Waals surface area contributed by atoms with Crippen molar-refractivity contribution in [2.75, 3.05) is 0 Å². The third-order valence-corrected chi connectivity index (χ3v) is 7.31. The van der Waals surface area contributed by atoms with Gasteiger partial charge in [-0.1, -0.05) is 68.1 Å². The fourth-order valence-corrected chi connectivity index (χ4v) is 5.45. The van der Waals surface area contributed by atoms with E-state index in [0.717, 1.165) is 61.9 Å². The number of nitrogens with zero attached hydrogens (tertiary/aromatic N) is 1. The minimum atomic E-state index is -0.389. The van der Waals surface area contributed by atoms with Crippen molar-refractivity contribution in [3.05, 3.63) is 52.0 Å². The molecule has 1 fully saturated rings. The molecule has 0 bridgehead atoms. The van der Waals surface area contributed by atoms with Crippen molar-refractivity contribution in [2.24, 2.45) is 11.8 Å². The Kier molecular flexibility index (Phi) is 11.7. The van der Waals surface area contributed by atoms with Crippen molar-refractivity contribution >= 4 is 28.7 Å². The molecule has 2 aromatic rings. The van der Waals surface area contributed by atoms with Gasteiger partial charge in [-0.15, -0.1) is 11.6 Å². The van der Waals surface area contributed by atoms with Crippen LogP contribution in [0.2, 0.25) is 0 Å². The number of Topliss-reactive ketones (excluding diaryl/α,β-unsaturated/α-hetero) is 1. The number of rotatable bonds is 11. The van der Waals surface area contributed by atoms with Gasteiger partial charge in [0.15, 0.2) is 0 Å². The first-order valence-corrected chi connectivity index (χ1v) is 12.1. The summed E-state index contributed by atoms with van der Waals surface area (Å²) >= 11 is 8.13. The van der Waals surface area contributed by atoms with E-state index in [1.165, 1.54) is 5.56 Å². The van der Waals surface area contributed by atoms with E-state index in [1.807, 2.05) is 12.1 Å². The molecule has 4 atom stereocenters. The summed E-state index contributed by atoms with van der Waals surface area (Å²) in [6, 6.07) is 8.27. The molecule has 1 aliphatic rings. The molecule has 3 nitrogen and oxygen atoms in total. The summed E-state index contributed by atoms with van der Waals surface area (Å²) in [7, 11) is 0. The number of alkyl halides is 1. The Morgan fingerprint density at radius 1 is 1.30 bits per heavy atom. The quantitative estimate of drug-likeness (QED) is 0.294. The van der Waals surface area contributed by atoms with Crippen LogP contribution in [0.15, 0.2) is 30.5 Å². The first kappa shape index (κ1) is 26.1. The Morgan fingerprint density at radius 2 is 2.13 bits per heavy atom. The van der Waals surface area contributed by atoms with Crippen LogP contribution in [-0.2, 0) is 50.3 Å². The van der Waals surface area contributed by atoms with Crippen LogP contribution in [0, 0.1) is 17.2 Å². The summed E-state index contributed by atoms with van der Waals surface area (Å²) in [5.74, 6) is 0.630. The third kappa shape index (κ3) is 7.48. The van der Waals surface area contributed by atoms with E-state index in [9.17, 15) is 9.90 Å². The molecule has 0 saturated heterocycles. The molecule has 1 heterocycles. The van der Waals surface area contributed by atoms with Gasteiger partial charge in [-0.2, -0.15) is 5.38 Å². The van der Waals surface area contributed by atoms with Crippen LogP contribution in [0.1, 0.15) is 74.1 Å². The van der Waals surface area contributed by atoms with Gasteiger partial charge in [0.25, 0.3) is 0 Å². The standard InChI is InChI=1S/C24H31ClNO2S.Y/c1-2-3-9-22(27)18-7-4-6-17(15-18)11-12-19-20(23(28)16-21(19)25)8-5-10-24-26-13-14-29-24;/h4,6-7,13,15,19-22,27H,2-3,5,8-12,16H2,1H3;/q-1;/t19-,20-,21?,22?;/m1./s1. The van der Waals surface area contributed by atoms with Crippen LogP contribution >= 0.6 is 22.9 Å². The topological polar surface area (TPSA) is 50.2 Å². The summed E-state index contributed by atoms with van der Waals surface area (Å²) in [5, 5.41) is 14.4. The van der Waals surface area contributed by atoms with Crippen LogP contribution in [0.5, 0.6) is 0 Å². The monoisotopic (exact) mass is 521 g/mol. The van der Waals surface area contributed by atoms with E-state index in [0.29, 0.717) is 12.2 Å². The van der Waals surface area contributed by atoms with Gasteiger partial charge in [0.05, 0.1) is 6.10 Å². The van der Waals surface area contributed by atoms with Gasteiger partial charge in [0, 0.05) is 50.4 Å². The van der Waals surface area contributed by atoms with Crippen molar-refractivity contribution < 1.29 is 42.6 Å². The van der Waals surface area contributed by atoms with E-state index in [1.54, 1.807) is 17.5 Å². The van der Waals surface area contributed by atoms with E-state index < -0.39 is 0 Å². The van der Waals surface area contributed by atoms with Crippen LogP contribution < -0.4 is 0 Å². The third-order valence-electron chi connectivity index (χ3n) is 6.07. The first-order chi connectivity index (χ1) is 14.1. The van der Waals surface area contributed by atoms with Gasteiger partial charge in [-0.3, -0.25) is 4.79 Å². The molecule has 30 heavy (non-hydrogen) atoms. The molecule has 6 heteroatoms. The summed E-state index contributed by atoms with van der Waals surface area (Å²) in [6.45, 7) is 2.14. The largest absolute Gasteiger partial charge is 0.388 e. The molecular formula is C24H31ClNO2SY-. The van der Waals surface area contributed by atoms with Crippen LogP contribution in [0.4, 0.5) is 0 Å². The van der Waals surface area contributed by atoms with Gasteiger partial charge >= 0.3 is 0 Å². The number of aliphatic hydroxyl groups excluding tert-OH is 1. The zero-order valence-electron chi connectivity index (χ0n) is 17.7. The Balaban J connectivity index is 0.00000320. The number of unbranched alkanes of at least 4 members (excludes halogenated alkanes) is 1. The van der Waals surface area contributed by atoms with Crippen LogP contribution in [0.3, 0.4) is 0 Å². The fraction of sp³-hybridized carbons (Fsp3) is 0.583. The number of carbonyl (C=O) groups excluding carboxylic acids is 1. The second-order valence-electron chi connectivity index (χ2n) is 8.16. The second kappa shape index (κ2) is 13.4. The van der Waals surface area contributed by atoms with Gasteiger partial charge in [-0.05, 0) is 42.7 Å². The Labute approximate surface area is 214 Å².